The van der Waals surface area contributed by atoms with Gasteiger partial charge in [0.25, 0.3) is 0 Å². The molecule has 0 spiro atoms. The number of aliphatic hydroxyl groups is 2. The molecule has 0 bridgehead atoms. The smallest absolute Gasteiger partial charge is 0.123 e. The first-order valence-corrected chi connectivity index (χ1v) is 5.50. The predicted octanol–water partition coefficient (Wildman–Crippen LogP) is 0.972. The van der Waals surface area contributed by atoms with Gasteiger partial charge in [0.1, 0.15) is 5.82 Å². The first-order chi connectivity index (χ1) is 7.65. The van der Waals surface area contributed by atoms with Crippen molar-refractivity contribution in [1.82, 2.24) is 5.32 Å². The Bertz CT molecular complexity index is 353. The predicted molar refractivity (Wildman–Crippen MR) is 58.4 cm³/mol. The lowest BCUT2D eigenvalue weighted by Gasteiger charge is -2.32. The van der Waals surface area contributed by atoms with E-state index in [1.807, 2.05) is 0 Å². The van der Waals surface area contributed by atoms with Crippen LogP contribution in [-0.4, -0.2) is 28.9 Å². The van der Waals surface area contributed by atoms with E-state index in [9.17, 15) is 9.50 Å². The van der Waals surface area contributed by atoms with E-state index in [2.05, 4.69) is 5.32 Å². The van der Waals surface area contributed by atoms with Gasteiger partial charge < -0.3 is 15.5 Å². The molecule has 0 saturated heterocycles. The maximum atomic E-state index is 12.9. The van der Waals surface area contributed by atoms with Crippen molar-refractivity contribution in [3.05, 3.63) is 35.6 Å². The van der Waals surface area contributed by atoms with Crippen LogP contribution in [-0.2, 0) is 0 Å². The molecule has 3 nitrogen and oxygen atoms in total. The van der Waals surface area contributed by atoms with Gasteiger partial charge in [0, 0.05) is 12.6 Å². The number of hydrogen-bond donors (Lipinski definition) is 3. The highest BCUT2D eigenvalue weighted by Crippen LogP contribution is 2.20. The van der Waals surface area contributed by atoms with Crippen LogP contribution >= 0.6 is 0 Å². The third kappa shape index (κ3) is 2.78. The van der Waals surface area contributed by atoms with Crippen molar-refractivity contribution in [2.45, 2.75) is 31.1 Å². The summed E-state index contributed by atoms with van der Waals surface area (Å²) in [5.74, 6) is -0.337. The van der Waals surface area contributed by atoms with Crippen molar-refractivity contribution < 1.29 is 14.6 Å². The summed E-state index contributed by atoms with van der Waals surface area (Å²) >= 11 is 0. The van der Waals surface area contributed by atoms with Gasteiger partial charge in [-0.3, -0.25) is 0 Å². The maximum Gasteiger partial charge on any atom is 0.123 e. The van der Waals surface area contributed by atoms with Crippen LogP contribution in [0.25, 0.3) is 0 Å². The molecule has 0 radical (unpaired) electrons. The fourth-order valence-electron chi connectivity index (χ4n) is 1.86. The van der Waals surface area contributed by atoms with Crippen LogP contribution in [0.5, 0.6) is 0 Å². The van der Waals surface area contributed by atoms with Crippen molar-refractivity contribution in [2.24, 2.45) is 0 Å². The molecule has 3 N–H and O–H groups in total. The summed E-state index contributed by atoms with van der Waals surface area (Å²) in [4.78, 5) is 0. The molecule has 16 heavy (non-hydrogen) atoms. The normalized spacial score (nSPS) is 26.2. The maximum absolute atomic E-state index is 12.9. The Labute approximate surface area is 93.9 Å². The van der Waals surface area contributed by atoms with E-state index in [1.54, 1.807) is 12.1 Å². The molecule has 0 heterocycles. The zero-order valence-corrected chi connectivity index (χ0v) is 8.94. The Balaban J connectivity index is 1.81. The number of benzene rings is 1. The average molecular weight is 225 g/mol. The summed E-state index contributed by atoms with van der Waals surface area (Å²) in [6.07, 6.45) is 0.559. The molecule has 1 saturated carbocycles. The van der Waals surface area contributed by atoms with E-state index in [0.717, 1.165) is 12.8 Å². The minimum Gasteiger partial charge on any atom is -0.393 e. The van der Waals surface area contributed by atoms with Gasteiger partial charge in [-0.05, 0) is 30.5 Å². The van der Waals surface area contributed by atoms with E-state index in [-0.39, 0.29) is 18.0 Å². The van der Waals surface area contributed by atoms with Gasteiger partial charge in [-0.25, -0.2) is 4.39 Å². The monoisotopic (exact) mass is 225 g/mol. The molecule has 1 atom stereocenters. The number of halogens is 1. The standard InChI is InChI=1S/C12H16FNO2/c13-9-3-1-2-8(4-9)12(16)7-14-10-5-11(15)6-10/h1-4,10-12,14-16H,5-7H2. The van der Waals surface area contributed by atoms with Gasteiger partial charge in [-0.15, -0.1) is 0 Å². The summed E-state index contributed by atoms with van der Waals surface area (Å²) in [6, 6.07) is 6.25. The minimum atomic E-state index is -0.701. The fraction of sp³-hybridized carbons (Fsp3) is 0.500. The molecule has 1 aliphatic rings. The van der Waals surface area contributed by atoms with E-state index in [0.29, 0.717) is 12.1 Å². The van der Waals surface area contributed by atoms with Crippen LogP contribution < -0.4 is 5.32 Å². The van der Waals surface area contributed by atoms with Gasteiger partial charge in [-0.2, -0.15) is 0 Å². The van der Waals surface area contributed by atoms with Gasteiger partial charge in [0.05, 0.1) is 12.2 Å². The highest BCUT2D eigenvalue weighted by molar-refractivity contribution is 5.19. The second-order valence-electron chi connectivity index (χ2n) is 4.30. The molecule has 1 unspecified atom stereocenters. The number of rotatable bonds is 4. The zero-order valence-electron chi connectivity index (χ0n) is 8.94. The van der Waals surface area contributed by atoms with E-state index >= 15 is 0 Å². The topological polar surface area (TPSA) is 52.5 Å². The van der Waals surface area contributed by atoms with Crippen LogP contribution in [0.3, 0.4) is 0 Å². The molecule has 1 aromatic rings. The highest BCUT2D eigenvalue weighted by Gasteiger charge is 2.27. The lowest BCUT2D eigenvalue weighted by molar-refractivity contribution is 0.0551. The van der Waals surface area contributed by atoms with Crippen molar-refractivity contribution in [1.29, 1.82) is 0 Å². The molecule has 0 aliphatic heterocycles. The van der Waals surface area contributed by atoms with Crippen molar-refractivity contribution in [3.8, 4) is 0 Å². The first kappa shape index (κ1) is 11.5. The van der Waals surface area contributed by atoms with Crippen LogP contribution in [0, 0.1) is 5.82 Å². The Morgan fingerprint density at radius 2 is 2.19 bits per heavy atom. The first-order valence-electron chi connectivity index (χ1n) is 5.50. The van der Waals surface area contributed by atoms with Gasteiger partial charge in [-0.1, -0.05) is 12.1 Å². The molecule has 4 heteroatoms. The molecule has 0 aromatic heterocycles. The molecule has 88 valence electrons. The number of aliphatic hydroxyl groups excluding tert-OH is 2. The van der Waals surface area contributed by atoms with Crippen molar-refractivity contribution in [3.63, 3.8) is 0 Å². The van der Waals surface area contributed by atoms with Gasteiger partial charge >= 0.3 is 0 Å². The largest absolute Gasteiger partial charge is 0.393 e. The average Bonchev–Trinajstić information content (AvgIpc) is 2.22. The quantitative estimate of drug-likeness (QED) is 0.715. The second kappa shape index (κ2) is 4.91. The fourth-order valence-corrected chi connectivity index (χ4v) is 1.86. The molecule has 1 aliphatic carbocycles. The second-order valence-corrected chi connectivity index (χ2v) is 4.30. The lowest BCUT2D eigenvalue weighted by atomic mass is 9.89. The Kier molecular flexibility index (Phi) is 3.53. The molecule has 0 amide bonds. The van der Waals surface area contributed by atoms with Crippen LogP contribution in [0.1, 0.15) is 24.5 Å². The number of nitrogens with one attached hydrogen (secondary N) is 1. The summed E-state index contributed by atoms with van der Waals surface area (Å²) in [6.45, 7) is 0.390. The summed E-state index contributed by atoms with van der Waals surface area (Å²) in [7, 11) is 0. The highest BCUT2D eigenvalue weighted by atomic mass is 19.1. The summed E-state index contributed by atoms with van der Waals surface area (Å²) in [5, 5.41) is 22.0. The van der Waals surface area contributed by atoms with Crippen molar-refractivity contribution in [2.75, 3.05) is 6.54 Å². The summed E-state index contributed by atoms with van der Waals surface area (Å²) < 4.78 is 12.9. The molecule has 2 rings (SSSR count). The Morgan fingerprint density at radius 1 is 1.44 bits per heavy atom. The van der Waals surface area contributed by atoms with Gasteiger partial charge in [0.2, 0.25) is 0 Å². The number of hydrogen-bond acceptors (Lipinski definition) is 3. The van der Waals surface area contributed by atoms with E-state index in [4.69, 9.17) is 5.11 Å². The SMILES string of the molecule is OC1CC(NCC(O)c2cccc(F)c2)C1. The van der Waals surface area contributed by atoms with Crippen molar-refractivity contribution >= 4 is 0 Å². The van der Waals surface area contributed by atoms with Crippen LogP contribution in [0.15, 0.2) is 24.3 Å². The zero-order chi connectivity index (χ0) is 11.5. The summed E-state index contributed by atoms with van der Waals surface area (Å²) in [5.41, 5.74) is 0.576. The molecule has 1 aromatic carbocycles. The molecule has 1 fully saturated rings. The molecular weight excluding hydrogens is 209 g/mol. The third-order valence-electron chi connectivity index (χ3n) is 2.95. The van der Waals surface area contributed by atoms with E-state index < -0.39 is 6.10 Å². The minimum absolute atomic E-state index is 0.205. The van der Waals surface area contributed by atoms with Crippen LogP contribution in [0.4, 0.5) is 4.39 Å². The Morgan fingerprint density at radius 3 is 2.81 bits per heavy atom. The lowest BCUT2D eigenvalue weighted by Crippen LogP contribution is -2.45. The molecular formula is C12H16FNO2. The van der Waals surface area contributed by atoms with Crippen LogP contribution in [0.2, 0.25) is 0 Å². The van der Waals surface area contributed by atoms with Gasteiger partial charge in [0.15, 0.2) is 0 Å². The van der Waals surface area contributed by atoms with E-state index in [1.165, 1.54) is 12.1 Å². The Hall–Kier alpha value is -0.970. The third-order valence-corrected chi connectivity index (χ3v) is 2.95.